The summed E-state index contributed by atoms with van der Waals surface area (Å²) in [5.41, 5.74) is 3.15. The number of nitrogens with zero attached hydrogens (tertiary/aromatic N) is 2. The van der Waals surface area contributed by atoms with E-state index in [1.54, 1.807) is 24.3 Å². The first-order valence-electron chi connectivity index (χ1n) is 7.92. The van der Waals surface area contributed by atoms with Crippen LogP contribution in [0.15, 0.2) is 47.5 Å². The number of amides is 2. The van der Waals surface area contributed by atoms with Gasteiger partial charge in [0.25, 0.3) is 5.91 Å². The van der Waals surface area contributed by atoms with Crippen LogP contribution in [0.25, 0.3) is 0 Å². The van der Waals surface area contributed by atoms with Gasteiger partial charge in [0, 0.05) is 11.2 Å². The largest absolute Gasteiger partial charge is 0.301 e. The predicted molar refractivity (Wildman–Crippen MR) is 107 cm³/mol. The third-order valence-electron chi connectivity index (χ3n) is 4.03. The van der Waals surface area contributed by atoms with Gasteiger partial charge in [0.15, 0.2) is 11.0 Å². The van der Waals surface area contributed by atoms with E-state index in [4.69, 9.17) is 23.8 Å². The lowest BCUT2D eigenvalue weighted by molar-refractivity contribution is -0.130. The summed E-state index contributed by atoms with van der Waals surface area (Å²) in [5.74, 6) is -2.00. The molecule has 0 aromatic heterocycles. The maximum Gasteiger partial charge on any atom is 0.251 e. The molecule has 26 heavy (non-hydrogen) atoms. The molecule has 1 heterocycles. The van der Waals surface area contributed by atoms with Crippen molar-refractivity contribution in [2.75, 3.05) is 4.90 Å². The zero-order valence-electron chi connectivity index (χ0n) is 14.2. The number of hydrogen-bond acceptors (Lipinski definition) is 4. The Morgan fingerprint density at radius 2 is 1.85 bits per heavy atom. The van der Waals surface area contributed by atoms with Gasteiger partial charge in [0.1, 0.15) is 0 Å². The van der Waals surface area contributed by atoms with Crippen LogP contribution in [-0.4, -0.2) is 23.1 Å². The third kappa shape index (κ3) is 3.66. The molecule has 0 spiro atoms. The zero-order valence-corrected chi connectivity index (χ0v) is 15.8. The molecule has 2 amide bonds. The molecule has 0 aliphatic carbocycles. The number of carbonyl (C=O) groups is 2. The van der Waals surface area contributed by atoms with Crippen molar-refractivity contribution < 1.29 is 9.59 Å². The Kier molecular flexibility index (Phi) is 5.15. The van der Waals surface area contributed by atoms with E-state index in [9.17, 15) is 9.59 Å². The summed E-state index contributed by atoms with van der Waals surface area (Å²) in [6.45, 7) is 3.82. The van der Waals surface area contributed by atoms with Crippen LogP contribution in [0.5, 0.6) is 0 Å². The van der Waals surface area contributed by atoms with Crippen LogP contribution in [0.3, 0.4) is 0 Å². The van der Waals surface area contributed by atoms with E-state index >= 15 is 0 Å². The first-order chi connectivity index (χ1) is 12.4. The average molecular weight is 386 g/mol. The fourth-order valence-electron chi connectivity index (χ4n) is 2.54. The van der Waals surface area contributed by atoms with Crippen molar-refractivity contribution in [2.24, 2.45) is 10.9 Å². The molecule has 0 unspecified atom stereocenters. The van der Waals surface area contributed by atoms with E-state index in [2.05, 4.69) is 10.3 Å². The normalized spacial score (nSPS) is 17.7. The van der Waals surface area contributed by atoms with Gasteiger partial charge in [0.2, 0.25) is 5.91 Å². The van der Waals surface area contributed by atoms with Gasteiger partial charge < -0.3 is 5.32 Å². The van der Waals surface area contributed by atoms with Gasteiger partial charge in [-0.05, 0) is 55.9 Å². The van der Waals surface area contributed by atoms with Crippen LogP contribution in [0.1, 0.15) is 11.1 Å². The molecular weight excluding hydrogens is 370 g/mol. The van der Waals surface area contributed by atoms with Crippen molar-refractivity contribution in [3.05, 3.63) is 58.6 Å². The first kappa shape index (κ1) is 18.2. The van der Waals surface area contributed by atoms with E-state index < -0.39 is 17.7 Å². The Morgan fingerprint density at radius 1 is 1.15 bits per heavy atom. The molecule has 3 rings (SSSR count). The van der Waals surface area contributed by atoms with Gasteiger partial charge in [-0.25, -0.2) is 0 Å². The smallest absolute Gasteiger partial charge is 0.251 e. The number of halogens is 1. The molecule has 5 nitrogen and oxygen atoms in total. The molecule has 1 fully saturated rings. The van der Waals surface area contributed by atoms with Crippen molar-refractivity contribution >= 4 is 58.3 Å². The maximum absolute atomic E-state index is 12.9. The number of anilines is 1. The fraction of sp³-hybridized carbons (Fsp3) is 0.158. The number of aliphatic imine (C=N–C) groups is 1. The molecule has 1 aliphatic rings. The molecule has 0 saturated carbocycles. The minimum atomic E-state index is -1.07. The van der Waals surface area contributed by atoms with E-state index in [-0.39, 0.29) is 5.11 Å². The van der Waals surface area contributed by atoms with Gasteiger partial charge in [0.05, 0.1) is 11.4 Å². The van der Waals surface area contributed by atoms with Crippen LogP contribution in [-0.2, 0) is 9.59 Å². The van der Waals surface area contributed by atoms with Crippen molar-refractivity contribution in [1.29, 1.82) is 0 Å². The standard InChI is InChI=1S/C19H16ClN3O2S/c1-11-3-7-14(8-4-11)23-18(25)15(17(24)22-19(23)26)10-21-16-9-13(20)6-5-12(16)2/h3-10,15H,1-2H3,(H,22,24,26)/t15-/m0/s1. The van der Waals surface area contributed by atoms with Gasteiger partial charge in [-0.3, -0.25) is 19.5 Å². The van der Waals surface area contributed by atoms with E-state index in [0.29, 0.717) is 16.4 Å². The Balaban J connectivity index is 1.91. The van der Waals surface area contributed by atoms with Crippen LogP contribution < -0.4 is 10.2 Å². The summed E-state index contributed by atoms with van der Waals surface area (Å²) in [7, 11) is 0. The lowest BCUT2D eigenvalue weighted by atomic mass is 10.1. The van der Waals surface area contributed by atoms with Gasteiger partial charge in [-0.1, -0.05) is 35.4 Å². The molecule has 132 valence electrons. The van der Waals surface area contributed by atoms with Crippen LogP contribution in [0, 0.1) is 19.8 Å². The highest BCUT2D eigenvalue weighted by atomic mass is 35.5. The minimum absolute atomic E-state index is 0.0624. The quantitative estimate of drug-likeness (QED) is 0.497. The first-order valence-corrected chi connectivity index (χ1v) is 8.71. The van der Waals surface area contributed by atoms with Gasteiger partial charge in [-0.2, -0.15) is 0 Å². The Morgan fingerprint density at radius 3 is 2.54 bits per heavy atom. The summed E-state index contributed by atoms with van der Waals surface area (Å²) in [5, 5.41) is 3.16. The highest BCUT2D eigenvalue weighted by Crippen LogP contribution is 2.24. The highest BCUT2D eigenvalue weighted by Gasteiger charge is 2.38. The molecule has 1 aliphatic heterocycles. The molecule has 1 N–H and O–H groups in total. The topological polar surface area (TPSA) is 61.8 Å². The Hall–Kier alpha value is -2.57. The fourth-order valence-corrected chi connectivity index (χ4v) is 3.00. The van der Waals surface area contributed by atoms with E-state index in [1.807, 2.05) is 32.0 Å². The van der Waals surface area contributed by atoms with E-state index in [0.717, 1.165) is 11.1 Å². The van der Waals surface area contributed by atoms with E-state index in [1.165, 1.54) is 11.1 Å². The Labute approximate surface area is 161 Å². The average Bonchev–Trinajstić information content (AvgIpc) is 2.59. The van der Waals surface area contributed by atoms with Crippen LogP contribution >= 0.6 is 23.8 Å². The van der Waals surface area contributed by atoms with Gasteiger partial charge >= 0.3 is 0 Å². The summed E-state index contributed by atoms with van der Waals surface area (Å²) >= 11 is 11.2. The second kappa shape index (κ2) is 7.35. The summed E-state index contributed by atoms with van der Waals surface area (Å²) in [6, 6.07) is 12.6. The molecular formula is C19H16ClN3O2S. The molecule has 2 aromatic rings. The molecule has 1 saturated heterocycles. The third-order valence-corrected chi connectivity index (χ3v) is 4.55. The van der Waals surface area contributed by atoms with Crippen molar-refractivity contribution in [3.63, 3.8) is 0 Å². The molecule has 0 radical (unpaired) electrons. The summed E-state index contributed by atoms with van der Waals surface area (Å²) in [6.07, 6.45) is 1.33. The Bertz CT molecular complexity index is 925. The van der Waals surface area contributed by atoms with Crippen LogP contribution in [0.2, 0.25) is 5.02 Å². The lowest BCUT2D eigenvalue weighted by Crippen LogP contribution is -2.58. The van der Waals surface area contributed by atoms with Crippen molar-refractivity contribution in [1.82, 2.24) is 5.32 Å². The lowest BCUT2D eigenvalue weighted by Gasteiger charge is -2.31. The SMILES string of the molecule is Cc1ccc(N2C(=O)[C@@H](C=Nc3cc(Cl)ccc3C)C(=O)NC2=S)cc1. The predicted octanol–water partition coefficient (Wildman–Crippen LogP) is 3.72. The molecule has 7 heteroatoms. The second-order valence-electron chi connectivity index (χ2n) is 5.99. The summed E-state index contributed by atoms with van der Waals surface area (Å²) < 4.78 is 0. The number of hydrogen-bond donors (Lipinski definition) is 1. The van der Waals surface area contributed by atoms with Gasteiger partial charge in [-0.15, -0.1) is 0 Å². The number of aryl methyl sites for hydroxylation is 2. The van der Waals surface area contributed by atoms with Crippen molar-refractivity contribution in [3.8, 4) is 0 Å². The number of thiocarbonyl (C=S) groups is 1. The molecule has 1 atom stereocenters. The monoisotopic (exact) mass is 385 g/mol. The summed E-state index contributed by atoms with van der Waals surface area (Å²) in [4.78, 5) is 30.7. The number of rotatable bonds is 3. The molecule has 2 aromatic carbocycles. The maximum atomic E-state index is 12.9. The zero-order chi connectivity index (χ0) is 18.8. The second-order valence-corrected chi connectivity index (χ2v) is 6.81. The minimum Gasteiger partial charge on any atom is -0.301 e. The van der Waals surface area contributed by atoms with Crippen LogP contribution in [0.4, 0.5) is 11.4 Å². The highest BCUT2D eigenvalue weighted by molar-refractivity contribution is 7.80. The molecule has 0 bridgehead atoms. The number of nitrogens with one attached hydrogen (secondary N) is 1. The number of benzene rings is 2. The van der Waals surface area contributed by atoms with Crippen molar-refractivity contribution in [2.45, 2.75) is 13.8 Å². The number of carbonyl (C=O) groups excluding carboxylic acids is 2.